The predicted molar refractivity (Wildman–Crippen MR) is 136 cm³/mol. The van der Waals surface area contributed by atoms with Crippen LogP contribution in [0.15, 0.2) is 30.5 Å². The number of pyridine rings is 1. The molecule has 0 spiro atoms. The van der Waals surface area contributed by atoms with Gasteiger partial charge in [0.15, 0.2) is 0 Å². The van der Waals surface area contributed by atoms with E-state index in [1.165, 1.54) is 16.7 Å². The highest BCUT2D eigenvalue weighted by Gasteiger charge is 2.35. The number of amides is 1. The zero-order valence-electron chi connectivity index (χ0n) is 19.1. The van der Waals surface area contributed by atoms with E-state index >= 15 is 0 Å². The van der Waals surface area contributed by atoms with E-state index in [4.69, 9.17) is 21.1 Å². The molecule has 1 fully saturated rings. The molecule has 1 aromatic carbocycles. The largest absolute Gasteiger partial charge is 0.491 e. The maximum absolute atomic E-state index is 12.5. The van der Waals surface area contributed by atoms with Crippen molar-refractivity contribution < 1.29 is 14.3 Å². The maximum Gasteiger partial charge on any atom is 0.251 e. The Morgan fingerprint density at radius 3 is 2.62 bits per heavy atom. The zero-order valence-corrected chi connectivity index (χ0v) is 22.0. The van der Waals surface area contributed by atoms with Gasteiger partial charge in [-0.05, 0) is 68.5 Å². The lowest BCUT2D eigenvalue weighted by Crippen LogP contribution is -2.49. The molecule has 1 saturated heterocycles. The fraction of sp³-hybridized carbons (Fsp3) is 0.500. The number of aromatic nitrogens is 1. The molecule has 174 valence electrons. The number of rotatable bonds is 8. The minimum absolute atomic E-state index is 0.0967. The highest BCUT2D eigenvalue weighted by Crippen LogP contribution is 2.41. The van der Waals surface area contributed by atoms with Crippen molar-refractivity contribution in [1.29, 1.82) is 0 Å². The van der Waals surface area contributed by atoms with Crippen molar-refractivity contribution in [2.45, 2.75) is 43.2 Å². The number of hydrogen-bond donors (Lipinski definition) is 1. The Kier molecular flexibility index (Phi) is 8.77. The summed E-state index contributed by atoms with van der Waals surface area (Å²) in [6.07, 6.45) is 3.36. The highest BCUT2D eigenvalue weighted by atomic mass is 127. The van der Waals surface area contributed by atoms with Crippen LogP contribution in [0.3, 0.4) is 0 Å². The van der Waals surface area contributed by atoms with Gasteiger partial charge in [0.1, 0.15) is 17.5 Å². The number of nitrogens with zero attached hydrogens (tertiary/aromatic N) is 2. The van der Waals surface area contributed by atoms with Gasteiger partial charge in [0, 0.05) is 38.0 Å². The minimum Gasteiger partial charge on any atom is -0.491 e. The number of halogens is 2. The fourth-order valence-corrected chi connectivity index (χ4v) is 5.35. The SMILES string of the molecule is COCCOc1ccc(C(C)(I)N2CCC(NC(=O)c3ccnc(Cl)c3)CC2)c(C)c1C. The van der Waals surface area contributed by atoms with Crippen molar-refractivity contribution in [2.24, 2.45) is 0 Å². The number of carbonyl (C=O) groups excluding carboxylic acids is 1. The van der Waals surface area contributed by atoms with Crippen LogP contribution in [0, 0.1) is 13.8 Å². The number of alkyl halides is 1. The van der Waals surface area contributed by atoms with E-state index in [-0.39, 0.29) is 15.5 Å². The number of likely N-dealkylation sites (tertiary alicyclic amines) is 1. The van der Waals surface area contributed by atoms with Crippen LogP contribution in [0.5, 0.6) is 5.75 Å². The molecule has 1 atom stereocenters. The Morgan fingerprint density at radius 2 is 1.97 bits per heavy atom. The summed E-state index contributed by atoms with van der Waals surface area (Å²) < 4.78 is 10.8. The average Bonchev–Trinajstić information content (AvgIpc) is 2.77. The lowest BCUT2D eigenvalue weighted by atomic mass is 9.94. The third-order valence-electron chi connectivity index (χ3n) is 6.19. The van der Waals surface area contributed by atoms with Crippen LogP contribution in [-0.2, 0) is 8.28 Å². The second-order valence-electron chi connectivity index (χ2n) is 8.26. The molecular formula is C24H31ClIN3O3. The van der Waals surface area contributed by atoms with E-state index in [9.17, 15) is 4.79 Å². The molecule has 0 radical (unpaired) electrons. The Labute approximate surface area is 209 Å². The molecule has 1 unspecified atom stereocenters. The second kappa shape index (κ2) is 11.1. The van der Waals surface area contributed by atoms with E-state index in [0.29, 0.717) is 23.9 Å². The Morgan fingerprint density at radius 1 is 1.25 bits per heavy atom. The standard InChI is InChI=1S/C24H31ClIN3O3/c1-16-17(2)21(32-14-13-31-4)6-5-20(16)24(3,26)29-11-8-19(9-12-29)28-23(30)18-7-10-27-22(25)15-18/h5-7,10,15,19H,8-9,11-14H2,1-4H3,(H,28,30). The quantitative estimate of drug-likeness (QED) is 0.161. The number of nitrogens with one attached hydrogen (secondary N) is 1. The first kappa shape index (κ1) is 25.2. The third-order valence-corrected chi connectivity index (χ3v) is 7.66. The first-order valence-corrected chi connectivity index (χ1v) is 12.3. The normalized spacial score (nSPS) is 17.1. The average molecular weight is 572 g/mol. The van der Waals surface area contributed by atoms with Crippen molar-refractivity contribution >= 4 is 40.1 Å². The van der Waals surface area contributed by atoms with Gasteiger partial charge in [0.25, 0.3) is 5.91 Å². The van der Waals surface area contributed by atoms with Crippen molar-refractivity contribution in [1.82, 2.24) is 15.2 Å². The molecule has 32 heavy (non-hydrogen) atoms. The summed E-state index contributed by atoms with van der Waals surface area (Å²) >= 11 is 8.46. The minimum atomic E-state index is -0.148. The summed E-state index contributed by atoms with van der Waals surface area (Å²) in [5.74, 6) is 0.814. The number of piperidine rings is 1. The van der Waals surface area contributed by atoms with E-state index in [0.717, 1.165) is 31.7 Å². The van der Waals surface area contributed by atoms with Crippen LogP contribution < -0.4 is 10.1 Å². The number of benzene rings is 1. The van der Waals surface area contributed by atoms with E-state index in [1.54, 1.807) is 25.4 Å². The summed E-state index contributed by atoms with van der Waals surface area (Å²) in [4.78, 5) is 19.0. The molecule has 1 aliphatic heterocycles. The molecule has 3 rings (SSSR count). The molecule has 6 nitrogen and oxygen atoms in total. The summed E-state index contributed by atoms with van der Waals surface area (Å²) in [5, 5.41) is 3.47. The molecule has 8 heteroatoms. The van der Waals surface area contributed by atoms with Gasteiger partial charge in [-0.15, -0.1) is 0 Å². The van der Waals surface area contributed by atoms with Crippen LogP contribution in [0.25, 0.3) is 0 Å². The van der Waals surface area contributed by atoms with Crippen LogP contribution in [0.1, 0.15) is 46.8 Å². The summed E-state index contributed by atoms with van der Waals surface area (Å²) in [7, 11) is 1.68. The summed E-state index contributed by atoms with van der Waals surface area (Å²) in [5.41, 5.74) is 4.26. The second-order valence-corrected chi connectivity index (χ2v) is 10.7. The lowest BCUT2D eigenvalue weighted by Gasteiger charge is -2.43. The molecule has 0 saturated carbocycles. The lowest BCUT2D eigenvalue weighted by molar-refractivity contribution is 0.0889. The van der Waals surface area contributed by atoms with E-state index in [1.807, 2.05) is 0 Å². The van der Waals surface area contributed by atoms with E-state index in [2.05, 4.69) is 70.7 Å². The first-order valence-electron chi connectivity index (χ1n) is 10.8. The van der Waals surface area contributed by atoms with Gasteiger partial charge in [-0.1, -0.05) is 40.3 Å². The van der Waals surface area contributed by atoms with Crippen molar-refractivity contribution in [3.63, 3.8) is 0 Å². The van der Waals surface area contributed by atoms with Crippen molar-refractivity contribution in [2.75, 3.05) is 33.4 Å². The van der Waals surface area contributed by atoms with Crippen molar-refractivity contribution in [3.8, 4) is 5.75 Å². The molecule has 2 heterocycles. The van der Waals surface area contributed by atoms with Gasteiger partial charge in [-0.2, -0.15) is 0 Å². The van der Waals surface area contributed by atoms with Crippen LogP contribution >= 0.6 is 34.2 Å². The number of ether oxygens (including phenoxy) is 2. The molecule has 1 aromatic heterocycles. The Bertz CT molecular complexity index is 946. The zero-order chi connectivity index (χ0) is 23.3. The molecule has 0 aliphatic carbocycles. The number of methoxy groups -OCH3 is 1. The summed E-state index contributed by atoms with van der Waals surface area (Å²) in [6, 6.07) is 7.68. The molecule has 1 amide bonds. The van der Waals surface area contributed by atoms with Gasteiger partial charge < -0.3 is 14.8 Å². The van der Waals surface area contributed by atoms with Crippen LogP contribution in [0.4, 0.5) is 0 Å². The van der Waals surface area contributed by atoms with Gasteiger partial charge in [0.05, 0.1) is 10.2 Å². The molecule has 2 aromatic rings. The Hall–Kier alpha value is -1.42. The van der Waals surface area contributed by atoms with Gasteiger partial charge in [0.2, 0.25) is 0 Å². The number of carbonyl (C=O) groups is 1. The maximum atomic E-state index is 12.5. The highest BCUT2D eigenvalue weighted by molar-refractivity contribution is 14.1. The fourth-order valence-electron chi connectivity index (χ4n) is 4.11. The molecule has 1 aliphatic rings. The Balaban J connectivity index is 1.63. The summed E-state index contributed by atoms with van der Waals surface area (Å²) in [6.45, 7) is 9.47. The molecule has 0 bridgehead atoms. The third kappa shape index (κ3) is 5.92. The smallest absolute Gasteiger partial charge is 0.251 e. The van der Waals surface area contributed by atoms with E-state index < -0.39 is 0 Å². The molecular weight excluding hydrogens is 541 g/mol. The molecule has 1 N–H and O–H groups in total. The van der Waals surface area contributed by atoms with Crippen LogP contribution in [-0.4, -0.2) is 55.2 Å². The van der Waals surface area contributed by atoms with Gasteiger partial charge >= 0.3 is 0 Å². The topological polar surface area (TPSA) is 63.7 Å². The van der Waals surface area contributed by atoms with Crippen molar-refractivity contribution in [3.05, 3.63) is 57.9 Å². The van der Waals surface area contributed by atoms with Gasteiger partial charge in [-0.3, -0.25) is 9.69 Å². The number of hydrogen-bond acceptors (Lipinski definition) is 5. The predicted octanol–water partition coefficient (Wildman–Crippen LogP) is 4.88. The van der Waals surface area contributed by atoms with Gasteiger partial charge in [-0.25, -0.2) is 4.98 Å². The van der Waals surface area contributed by atoms with Crippen LogP contribution in [0.2, 0.25) is 5.15 Å². The first-order chi connectivity index (χ1) is 15.2. The monoisotopic (exact) mass is 571 g/mol.